The van der Waals surface area contributed by atoms with Crippen LogP contribution in [0.15, 0.2) is 21.6 Å². The Morgan fingerprint density at radius 2 is 2.06 bits per heavy atom. The minimum absolute atomic E-state index is 0.0822. The third-order valence-corrected chi connectivity index (χ3v) is 3.80. The fraction of sp³-hybridized carbons (Fsp3) is 0.600. The molecule has 0 radical (unpaired) electrons. The number of hydrogen-bond donors (Lipinski definition) is 1. The van der Waals surface area contributed by atoms with E-state index < -0.39 is 10.0 Å². The van der Waals surface area contributed by atoms with Gasteiger partial charge in [0.05, 0.1) is 19.8 Å². The van der Waals surface area contributed by atoms with Gasteiger partial charge in [-0.1, -0.05) is 0 Å². The summed E-state index contributed by atoms with van der Waals surface area (Å²) in [6.45, 7) is 1.16. The van der Waals surface area contributed by atoms with Crippen molar-refractivity contribution in [3.05, 3.63) is 17.9 Å². The highest BCUT2D eigenvalue weighted by atomic mass is 32.2. The lowest BCUT2D eigenvalue weighted by atomic mass is 10.5. The second kappa shape index (κ2) is 6.86. The molecule has 0 aliphatic heterocycles. The normalized spacial score (nSPS) is 12.2. The standard InChI is InChI=1S/C10H18N2O5S/c1-12(2)18(13,14)10-5-4-9(17-10)8-11-16-7-6-15-3/h4-5,11H,6-8H2,1-3H3. The molecule has 0 aliphatic rings. The summed E-state index contributed by atoms with van der Waals surface area (Å²) < 4.78 is 34.6. The maximum atomic E-state index is 11.7. The van der Waals surface area contributed by atoms with Crippen LogP contribution < -0.4 is 5.48 Å². The summed E-state index contributed by atoms with van der Waals surface area (Å²) in [5, 5.41) is -0.0822. The van der Waals surface area contributed by atoms with E-state index in [-0.39, 0.29) is 11.6 Å². The molecule has 0 aliphatic carbocycles. The first-order valence-corrected chi connectivity index (χ1v) is 6.77. The summed E-state index contributed by atoms with van der Waals surface area (Å²) in [7, 11) is 0.957. The summed E-state index contributed by atoms with van der Waals surface area (Å²) in [6, 6.07) is 3.00. The summed E-state index contributed by atoms with van der Waals surface area (Å²) in [6.07, 6.45) is 0. The highest BCUT2D eigenvalue weighted by Crippen LogP contribution is 2.16. The van der Waals surface area contributed by atoms with Crippen LogP contribution in [0.4, 0.5) is 0 Å². The number of ether oxygens (including phenoxy) is 1. The molecule has 1 aromatic heterocycles. The van der Waals surface area contributed by atoms with Crippen molar-refractivity contribution < 1.29 is 22.4 Å². The Labute approximate surface area is 107 Å². The molecule has 7 nitrogen and oxygen atoms in total. The smallest absolute Gasteiger partial charge is 0.275 e. The van der Waals surface area contributed by atoms with Gasteiger partial charge in [0, 0.05) is 21.2 Å². The predicted molar refractivity (Wildman–Crippen MR) is 64.2 cm³/mol. The predicted octanol–water partition coefficient (Wildman–Crippen LogP) is 0.198. The number of nitrogens with one attached hydrogen (secondary N) is 1. The van der Waals surface area contributed by atoms with Crippen LogP contribution in [0.25, 0.3) is 0 Å². The molecule has 18 heavy (non-hydrogen) atoms. The zero-order valence-electron chi connectivity index (χ0n) is 10.7. The first-order valence-electron chi connectivity index (χ1n) is 5.33. The van der Waals surface area contributed by atoms with E-state index >= 15 is 0 Å². The lowest BCUT2D eigenvalue weighted by Gasteiger charge is -2.08. The van der Waals surface area contributed by atoms with Gasteiger partial charge in [-0.3, -0.25) is 4.84 Å². The van der Waals surface area contributed by atoms with Crippen molar-refractivity contribution in [2.75, 3.05) is 34.4 Å². The molecule has 0 bridgehead atoms. The number of methoxy groups -OCH3 is 1. The lowest BCUT2D eigenvalue weighted by molar-refractivity contribution is 0.000639. The molecule has 0 aromatic carbocycles. The van der Waals surface area contributed by atoms with Crippen LogP contribution in [0.2, 0.25) is 0 Å². The van der Waals surface area contributed by atoms with Gasteiger partial charge in [-0.15, -0.1) is 0 Å². The highest BCUT2D eigenvalue weighted by Gasteiger charge is 2.21. The van der Waals surface area contributed by atoms with Crippen molar-refractivity contribution in [1.29, 1.82) is 0 Å². The average molecular weight is 278 g/mol. The van der Waals surface area contributed by atoms with Gasteiger partial charge in [-0.2, -0.15) is 5.48 Å². The second-order valence-corrected chi connectivity index (χ2v) is 5.75. The second-order valence-electron chi connectivity index (χ2n) is 3.67. The zero-order chi connectivity index (χ0) is 13.6. The Balaban J connectivity index is 2.49. The molecule has 0 saturated heterocycles. The first kappa shape index (κ1) is 15.1. The van der Waals surface area contributed by atoms with Crippen molar-refractivity contribution in [2.45, 2.75) is 11.6 Å². The molecule has 0 fully saturated rings. The van der Waals surface area contributed by atoms with Gasteiger partial charge in [0.1, 0.15) is 5.76 Å². The van der Waals surface area contributed by atoms with Crippen LogP contribution >= 0.6 is 0 Å². The van der Waals surface area contributed by atoms with Gasteiger partial charge in [0.25, 0.3) is 10.0 Å². The molecule has 0 amide bonds. The number of hydroxylamine groups is 1. The number of nitrogens with zero attached hydrogens (tertiary/aromatic N) is 1. The monoisotopic (exact) mass is 278 g/mol. The van der Waals surface area contributed by atoms with Crippen molar-refractivity contribution in [3.8, 4) is 0 Å². The highest BCUT2D eigenvalue weighted by molar-refractivity contribution is 7.88. The Morgan fingerprint density at radius 1 is 1.33 bits per heavy atom. The van der Waals surface area contributed by atoms with Crippen LogP contribution in [0, 0.1) is 0 Å². The third-order valence-electron chi connectivity index (χ3n) is 2.11. The maximum absolute atomic E-state index is 11.7. The fourth-order valence-corrected chi connectivity index (χ4v) is 1.90. The van der Waals surface area contributed by atoms with E-state index in [1.54, 1.807) is 13.2 Å². The van der Waals surface area contributed by atoms with Gasteiger partial charge < -0.3 is 9.15 Å². The minimum atomic E-state index is -3.52. The van der Waals surface area contributed by atoms with Gasteiger partial charge in [0.15, 0.2) is 0 Å². The zero-order valence-corrected chi connectivity index (χ0v) is 11.5. The Hall–Kier alpha value is -0.930. The van der Waals surface area contributed by atoms with Crippen LogP contribution in [-0.2, 0) is 26.1 Å². The van der Waals surface area contributed by atoms with E-state index in [0.29, 0.717) is 19.0 Å². The minimum Gasteiger partial charge on any atom is -0.447 e. The topological polar surface area (TPSA) is 81.0 Å². The molecule has 0 saturated carbocycles. The molecule has 1 heterocycles. The van der Waals surface area contributed by atoms with Gasteiger partial charge >= 0.3 is 0 Å². The number of furan rings is 1. The van der Waals surface area contributed by atoms with Crippen molar-refractivity contribution in [1.82, 2.24) is 9.79 Å². The number of sulfonamides is 1. The van der Waals surface area contributed by atoms with Crippen LogP contribution in [0.3, 0.4) is 0 Å². The number of rotatable bonds is 8. The lowest BCUT2D eigenvalue weighted by Crippen LogP contribution is -2.21. The van der Waals surface area contributed by atoms with E-state index in [1.807, 2.05) is 0 Å². The fourth-order valence-electron chi connectivity index (χ4n) is 1.09. The van der Waals surface area contributed by atoms with Crippen molar-refractivity contribution >= 4 is 10.0 Å². The van der Waals surface area contributed by atoms with Crippen LogP contribution in [-0.4, -0.2) is 47.1 Å². The summed E-state index contributed by atoms with van der Waals surface area (Å²) >= 11 is 0. The van der Waals surface area contributed by atoms with E-state index in [2.05, 4.69) is 5.48 Å². The quantitative estimate of drug-likeness (QED) is 0.540. The van der Waals surface area contributed by atoms with E-state index in [0.717, 1.165) is 4.31 Å². The molecule has 1 rings (SSSR count). The third kappa shape index (κ3) is 4.07. The SMILES string of the molecule is COCCONCc1ccc(S(=O)(=O)N(C)C)o1. The van der Waals surface area contributed by atoms with E-state index in [1.165, 1.54) is 20.2 Å². The molecule has 0 spiro atoms. The first-order chi connectivity index (χ1) is 8.48. The summed E-state index contributed by atoms with van der Waals surface area (Å²) in [5.41, 5.74) is 2.65. The molecule has 0 unspecified atom stereocenters. The van der Waals surface area contributed by atoms with Crippen molar-refractivity contribution in [3.63, 3.8) is 0 Å². The number of hydrogen-bond acceptors (Lipinski definition) is 6. The van der Waals surface area contributed by atoms with Gasteiger partial charge in [-0.05, 0) is 12.1 Å². The summed E-state index contributed by atoms with van der Waals surface area (Å²) in [4.78, 5) is 5.03. The molecular formula is C10H18N2O5S. The van der Waals surface area contributed by atoms with E-state index in [4.69, 9.17) is 14.0 Å². The van der Waals surface area contributed by atoms with Crippen LogP contribution in [0.5, 0.6) is 0 Å². The Kier molecular flexibility index (Phi) is 5.76. The Bertz CT molecular complexity index is 455. The van der Waals surface area contributed by atoms with Gasteiger partial charge in [0.2, 0.25) is 5.09 Å². The Morgan fingerprint density at radius 3 is 2.67 bits per heavy atom. The maximum Gasteiger partial charge on any atom is 0.275 e. The molecule has 0 atom stereocenters. The van der Waals surface area contributed by atoms with Gasteiger partial charge in [-0.25, -0.2) is 12.7 Å². The van der Waals surface area contributed by atoms with Crippen molar-refractivity contribution in [2.24, 2.45) is 0 Å². The molecular weight excluding hydrogens is 260 g/mol. The largest absolute Gasteiger partial charge is 0.447 e. The average Bonchev–Trinajstić information content (AvgIpc) is 2.78. The molecule has 8 heteroatoms. The summed E-state index contributed by atoms with van der Waals surface area (Å²) in [5.74, 6) is 0.479. The van der Waals surface area contributed by atoms with Crippen LogP contribution in [0.1, 0.15) is 5.76 Å². The molecule has 104 valence electrons. The molecule has 1 N–H and O–H groups in total. The van der Waals surface area contributed by atoms with E-state index in [9.17, 15) is 8.42 Å². The molecule has 1 aromatic rings.